The number of unbranched alkanes of at least 4 members (excludes halogenated alkanes) is 1. The number of nitrogens with one attached hydrogen (secondary N) is 1. The van der Waals surface area contributed by atoms with Gasteiger partial charge in [-0.15, -0.1) is 0 Å². The molecule has 0 aliphatic carbocycles. The largest absolute Gasteiger partial charge is 0.398 e. The van der Waals surface area contributed by atoms with Crippen LogP contribution in [0.25, 0.3) is 0 Å². The molecule has 0 spiro atoms. The first kappa shape index (κ1) is 14.9. The molecule has 2 rings (SSSR count). The monoisotopic (exact) mass is 332 g/mol. The summed E-state index contributed by atoms with van der Waals surface area (Å²) in [5.41, 5.74) is 11.3. The second-order valence-electron chi connectivity index (χ2n) is 5.11. The Bertz CT molecular complexity index is 576. The summed E-state index contributed by atoms with van der Waals surface area (Å²) in [4.78, 5) is 0. The van der Waals surface area contributed by atoms with Crippen molar-refractivity contribution in [3.8, 4) is 0 Å². The molecule has 20 heavy (non-hydrogen) atoms. The van der Waals surface area contributed by atoms with Crippen LogP contribution in [0.5, 0.6) is 0 Å². The highest BCUT2D eigenvalue weighted by Gasteiger charge is 2.04. The minimum absolute atomic E-state index is 0.803. The third-order valence-electron chi connectivity index (χ3n) is 3.41. The number of benzene rings is 2. The van der Waals surface area contributed by atoms with Crippen LogP contribution in [0.1, 0.15) is 30.9 Å². The summed E-state index contributed by atoms with van der Waals surface area (Å²) in [6, 6.07) is 12.6. The summed E-state index contributed by atoms with van der Waals surface area (Å²) in [6.45, 7) is 4.23. The van der Waals surface area contributed by atoms with E-state index in [0.29, 0.717) is 0 Å². The molecule has 0 radical (unpaired) electrons. The Kier molecular flexibility index (Phi) is 5.07. The topological polar surface area (TPSA) is 38.0 Å². The van der Waals surface area contributed by atoms with E-state index in [2.05, 4.69) is 58.5 Å². The average molecular weight is 333 g/mol. The third kappa shape index (κ3) is 3.76. The molecule has 3 N–H and O–H groups in total. The number of hydrogen-bond donors (Lipinski definition) is 2. The second-order valence-corrected chi connectivity index (χ2v) is 5.97. The van der Waals surface area contributed by atoms with Crippen molar-refractivity contribution in [3.63, 3.8) is 0 Å². The van der Waals surface area contributed by atoms with E-state index < -0.39 is 0 Å². The number of anilines is 3. The Labute approximate surface area is 129 Å². The van der Waals surface area contributed by atoms with Crippen molar-refractivity contribution in [2.75, 3.05) is 11.1 Å². The molecular weight excluding hydrogens is 312 g/mol. The van der Waals surface area contributed by atoms with E-state index in [1.54, 1.807) is 0 Å². The Morgan fingerprint density at radius 3 is 2.50 bits per heavy atom. The van der Waals surface area contributed by atoms with Crippen LogP contribution in [0.3, 0.4) is 0 Å². The van der Waals surface area contributed by atoms with Crippen LogP contribution >= 0.6 is 15.9 Å². The van der Waals surface area contributed by atoms with Gasteiger partial charge in [0.25, 0.3) is 0 Å². The lowest BCUT2D eigenvalue weighted by Crippen LogP contribution is -1.96. The number of rotatable bonds is 5. The zero-order valence-electron chi connectivity index (χ0n) is 12.0. The Morgan fingerprint density at radius 1 is 1.15 bits per heavy atom. The van der Waals surface area contributed by atoms with E-state index in [1.165, 1.54) is 18.4 Å². The van der Waals surface area contributed by atoms with Gasteiger partial charge in [0, 0.05) is 15.8 Å². The fourth-order valence-electron chi connectivity index (χ4n) is 2.08. The Morgan fingerprint density at radius 2 is 1.85 bits per heavy atom. The van der Waals surface area contributed by atoms with E-state index in [0.717, 1.165) is 33.5 Å². The molecule has 106 valence electrons. The van der Waals surface area contributed by atoms with Crippen LogP contribution in [-0.4, -0.2) is 0 Å². The zero-order chi connectivity index (χ0) is 14.5. The van der Waals surface area contributed by atoms with E-state index >= 15 is 0 Å². The Hall–Kier alpha value is -1.48. The number of nitrogens with two attached hydrogens (primary N) is 1. The summed E-state index contributed by atoms with van der Waals surface area (Å²) >= 11 is 3.54. The van der Waals surface area contributed by atoms with Crippen molar-refractivity contribution in [3.05, 3.63) is 52.0 Å². The maximum absolute atomic E-state index is 5.89. The molecule has 0 aliphatic heterocycles. The van der Waals surface area contributed by atoms with Gasteiger partial charge in [0.1, 0.15) is 0 Å². The lowest BCUT2D eigenvalue weighted by atomic mass is 10.1. The molecule has 2 aromatic rings. The normalized spacial score (nSPS) is 10.6. The number of halogens is 1. The minimum atomic E-state index is 0.803. The molecule has 0 heterocycles. The second kappa shape index (κ2) is 6.80. The molecule has 0 saturated heterocycles. The van der Waals surface area contributed by atoms with E-state index in [-0.39, 0.29) is 0 Å². The maximum Gasteiger partial charge on any atom is 0.0532 e. The van der Waals surface area contributed by atoms with Crippen molar-refractivity contribution in [2.45, 2.75) is 33.1 Å². The average Bonchev–Trinajstić information content (AvgIpc) is 2.44. The van der Waals surface area contributed by atoms with Gasteiger partial charge in [-0.25, -0.2) is 0 Å². The smallest absolute Gasteiger partial charge is 0.0532 e. The molecule has 0 aliphatic rings. The molecule has 2 aromatic carbocycles. The van der Waals surface area contributed by atoms with E-state index in [1.807, 2.05) is 13.0 Å². The van der Waals surface area contributed by atoms with Crippen LogP contribution in [0.2, 0.25) is 0 Å². The standard InChI is InChI=1S/C17H21BrN2/c1-3-4-5-13-6-8-14(9-7-13)20-17-10-12(2)16(19)11-15(17)18/h6-11,20H,3-5,19H2,1-2H3. The molecule has 0 fully saturated rings. The first-order valence-electron chi connectivity index (χ1n) is 7.01. The minimum Gasteiger partial charge on any atom is -0.398 e. The van der Waals surface area contributed by atoms with Gasteiger partial charge >= 0.3 is 0 Å². The summed E-state index contributed by atoms with van der Waals surface area (Å²) in [5, 5.41) is 3.42. The van der Waals surface area contributed by atoms with Crippen LogP contribution in [0.4, 0.5) is 17.1 Å². The fourth-order valence-corrected chi connectivity index (χ4v) is 2.54. The highest BCUT2D eigenvalue weighted by Crippen LogP contribution is 2.30. The molecule has 0 unspecified atom stereocenters. The highest BCUT2D eigenvalue weighted by molar-refractivity contribution is 9.10. The molecule has 2 nitrogen and oxygen atoms in total. The van der Waals surface area contributed by atoms with Gasteiger partial charge in [-0.2, -0.15) is 0 Å². The molecule has 0 saturated carbocycles. The van der Waals surface area contributed by atoms with Crippen LogP contribution < -0.4 is 11.1 Å². The van der Waals surface area contributed by atoms with Crippen molar-refractivity contribution < 1.29 is 0 Å². The van der Waals surface area contributed by atoms with Crippen LogP contribution in [0.15, 0.2) is 40.9 Å². The highest BCUT2D eigenvalue weighted by atomic mass is 79.9. The Balaban J connectivity index is 2.12. The summed E-state index contributed by atoms with van der Waals surface area (Å²) in [6.07, 6.45) is 3.63. The first-order valence-corrected chi connectivity index (χ1v) is 7.81. The lowest BCUT2D eigenvalue weighted by molar-refractivity contribution is 0.795. The molecule has 0 bridgehead atoms. The maximum atomic E-state index is 5.89. The number of hydrogen-bond acceptors (Lipinski definition) is 2. The number of nitrogen functional groups attached to an aromatic ring is 1. The van der Waals surface area contributed by atoms with E-state index in [9.17, 15) is 0 Å². The lowest BCUT2D eigenvalue weighted by Gasteiger charge is -2.12. The van der Waals surface area contributed by atoms with Gasteiger partial charge < -0.3 is 11.1 Å². The molecule has 0 amide bonds. The van der Waals surface area contributed by atoms with Gasteiger partial charge in [-0.1, -0.05) is 25.5 Å². The van der Waals surface area contributed by atoms with Crippen molar-refractivity contribution in [1.29, 1.82) is 0 Å². The van der Waals surface area contributed by atoms with Crippen LogP contribution in [-0.2, 0) is 6.42 Å². The van der Waals surface area contributed by atoms with Crippen molar-refractivity contribution in [1.82, 2.24) is 0 Å². The number of aryl methyl sites for hydroxylation is 2. The molecule has 0 aromatic heterocycles. The fraction of sp³-hybridized carbons (Fsp3) is 0.294. The van der Waals surface area contributed by atoms with Gasteiger partial charge in [0.15, 0.2) is 0 Å². The van der Waals surface area contributed by atoms with Gasteiger partial charge in [-0.05, 0) is 71.1 Å². The SMILES string of the molecule is CCCCc1ccc(Nc2cc(C)c(N)cc2Br)cc1. The molecule has 0 atom stereocenters. The van der Waals surface area contributed by atoms with Gasteiger partial charge in [0.2, 0.25) is 0 Å². The first-order chi connectivity index (χ1) is 9.60. The predicted molar refractivity (Wildman–Crippen MR) is 91.6 cm³/mol. The van der Waals surface area contributed by atoms with Gasteiger partial charge in [0.05, 0.1) is 5.69 Å². The third-order valence-corrected chi connectivity index (χ3v) is 4.06. The summed E-state index contributed by atoms with van der Waals surface area (Å²) in [7, 11) is 0. The molecule has 3 heteroatoms. The van der Waals surface area contributed by atoms with Crippen molar-refractivity contribution >= 4 is 33.0 Å². The summed E-state index contributed by atoms with van der Waals surface area (Å²) in [5.74, 6) is 0. The summed E-state index contributed by atoms with van der Waals surface area (Å²) < 4.78 is 0.982. The van der Waals surface area contributed by atoms with E-state index in [4.69, 9.17) is 5.73 Å². The van der Waals surface area contributed by atoms with Gasteiger partial charge in [-0.3, -0.25) is 0 Å². The quantitative estimate of drug-likeness (QED) is 0.717. The van der Waals surface area contributed by atoms with Crippen LogP contribution in [0, 0.1) is 6.92 Å². The van der Waals surface area contributed by atoms with Crippen molar-refractivity contribution in [2.24, 2.45) is 0 Å². The molecular formula is C17H21BrN2. The predicted octanol–water partition coefficient (Wildman–Crippen LogP) is 5.43. The zero-order valence-corrected chi connectivity index (χ0v) is 13.6.